The molecule has 0 atom stereocenters. The van der Waals surface area contributed by atoms with Gasteiger partial charge in [-0.3, -0.25) is 4.79 Å². The van der Waals surface area contributed by atoms with Gasteiger partial charge in [0.25, 0.3) is 0 Å². The number of carbonyl (C=O) groups is 1. The highest BCUT2D eigenvalue weighted by Gasteiger charge is 2.48. The maximum atomic E-state index is 12.5. The van der Waals surface area contributed by atoms with Crippen molar-refractivity contribution in [1.29, 1.82) is 0 Å². The Morgan fingerprint density at radius 3 is 2.22 bits per heavy atom. The van der Waals surface area contributed by atoms with E-state index in [0.29, 0.717) is 25.7 Å². The summed E-state index contributed by atoms with van der Waals surface area (Å²) in [6, 6.07) is -0.219. The number of amides is 1. The molecule has 0 spiro atoms. The van der Waals surface area contributed by atoms with E-state index >= 15 is 0 Å². The fourth-order valence-electron chi connectivity index (χ4n) is 2.81. The molecule has 2 N–H and O–H groups in total. The molecule has 0 saturated heterocycles. The van der Waals surface area contributed by atoms with Gasteiger partial charge in [-0.1, -0.05) is 12.8 Å². The number of hydrogen-bond acceptors (Lipinski definition) is 2. The van der Waals surface area contributed by atoms with Gasteiger partial charge in [-0.25, -0.2) is 0 Å². The molecule has 104 valence electrons. The van der Waals surface area contributed by atoms with E-state index in [2.05, 4.69) is 0 Å². The monoisotopic (exact) mass is 264 g/mol. The van der Waals surface area contributed by atoms with Crippen LogP contribution in [0.25, 0.3) is 0 Å². The summed E-state index contributed by atoms with van der Waals surface area (Å²) < 4.78 is 37.6. The lowest BCUT2D eigenvalue weighted by atomic mass is 9.84. The van der Waals surface area contributed by atoms with Gasteiger partial charge in [0.2, 0.25) is 5.91 Å². The highest BCUT2D eigenvalue weighted by atomic mass is 19.4. The van der Waals surface area contributed by atoms with Gasteiger partial charge < -0.3 is 10.6 Å². The van der Waals surface area contributed by atoms with E-state index in [-0.39, 0.29) is 18.5 Å². The Balaban J connectivity index is 2.12. The minimum Gasteiger partial charge on any atom is -0.330 e. The topological polar surface area (TPSA) is 46.3 Å². The average molecular weight is 264 g/mol. The molecule has 2 fully saturated rings. The number of hydrogen-bond donors (Lipinski definition) is 1. The van der Waals surface area contributed by atoms with Gasteiger partial charge in [-0.2, -0.15) is 13.2 Å². The molecule has 0 radical (unpaired) electrons. The van der Waals surface area contributed by atoms with E-state index in [1.54, 1.807) is 0 Å². The molecule has 0 aromatic heterocycles. The van der Waals surface area contributed by atoms with Crippen molar-refractivity contribution >= 4 is 5.91 Å². The smallest absolute Gasteiger partial charge is 0.330 e. The Hall–Kier alpha value is -0.780. The number of rotatable bonds is 4. The van der Waals surface area contributed by atoms with Crippen molar-refractivity contribution < 1.29 is 18.0 Å². The lowest BCUT2D eigenvalue weighted by molar-refractivity contribution is -0.168. The number of alkyl halides is 3. The van der Waals surface area contributed by atoms with Gasteiger partial charge in [0.1, 0.15) is 6.54 Å². The molecule has 0 unspecified atom stereocenters. The quantitative estimate of drug-likeness (QED) is 0.844. The lowest BCUT2D eigenvalue weighted by Gasteiger charge is -2.34. The van der Waals surface area contributed by atoms with Crippen LogP contribution in [0.15, 0.2) is 0 Å². The minimum atomic E-state index is -4.33. The van der Waals surface area contributed by atoms with E-state index in [0.717, 1.165) is 17.7 Å². The van der Waals surface area contributed by atoms with Crippen molar-refractivity contribution in [2.24, 2.45) is 11.1 Å². The van der Waals surface area contributed by atoms with Crippen molar-refractivity contribution in [3.05, 3.63) is 0 Å². The van der Waals surface area contributed by atoms with Crippen LogP contribution in [0, 0.1) is 5.41 Å². The fourth-order valence-corrected chi connectivity index (χ4v) is 2.81. The van der Waals surface area contributed by atoms with E-state index in [4.69, 9.17) is 5.73 Å². The summed E-state index contributed by atoms with van der Waals surface area (Å²) in [5, 5.41) is 0. The summed E-state index contributed by atoms with van der Waals surface area (Å²) in [5.41, 5.74) is 4.93. The highest BCUT2D eigenvalue weighted by molar-refractivity contribution is 5.84. The second-order valence-electron chi connectivity index (χ2n) is 5.47. The van der Waals surface area contributed by atoms with Gasteiger partial charge in [0, 0.05) is 12.6 Å². The summed E-state index contributed by atoms with van der Waals surface area (Å²) in [4.78, 5) is 13.4. The number of carbonyl (C=O) groups excluding carboxylic acids is 1. The average Bonchev–Trinajstić information content (AvgIpc) is 3.02. The maximum Gasteiger partial charge on any atom is 0.406 e. The van der Waals surface area contributed by atoms with Crippen LogP contribution >= 0.6 is 0 Å². The van der Waals surface area contributed by atoms with Crippen LogP contribution in [0.2, 0.25) is 0 Å². The maximum absolute atomic E-state index is 12.5. The van der Waals surface area contributed by atoms with Gasteiger partial charge >= 0.3 is 6.18 Å². The van der Waals surface area contributed by atoms with E-state index in [9.17, 15) is 18.0 Å². The summed E-state index contributed by atoms with van der Waals surface area (Å²) in [6.07, 6.45) is 0.0608. The van der Waals surface area contributed by atoms with Crippen LogP contribution in [0.3, 0.4) is 0 Å². The minimum absolute atomic E-state index is 0.160. The van der Waals surface area contributed by atoms with Crippen LogP contribution in [0.5, 0.6) is 0 Å². The van der Waals surface area contributed by atoms with E-state index in [1.165, 1.54) is 0 Å². The third-order valence-electron chi connectivity index (χ3n) is 4.00. The predicted molar refractivity (Wildman–Crippen MR) is 60.7 cm³/mol. The first kappa shape index (κ1) is 13.6. The Morgan fingerprint density at radius 2 is 1.83 bits per heavy atom. The summed E-state index contributed by atoms with van der Waals surface area (Å²) in [5.74, 6) is -0.373. The summed E-state index contributed by atoms with van der Waals surface area (Å²) in [7, 11) is 0. The molecule has 0 aromatic rings. The third kappa shape index (κ3) is 2.79. The Bertz CT molecular complexity index is 320. The van der Waals surface area contributed by atoms with Crippen molar-refractivity contribution in [3.63, 3.8) is 0 Å². The Kier molecular flexibility index (Phi) is 3.58. The molecule has 6 heteroatoms. The van der Waals surface area contributed by atoms with Crippen LogP contribution in [0.1, 0.15) is 38.5 Å². The first-order valence-corrected chi connectivity index (χ1v) is 6.46. The Labute approximate surface area is 104 Å². The number of nitrogens with zero attached hydrogens (tertiary/aromatic N) is 1. The van der Waals surface area contributed by atoms with Crippen molar-refractivity contribution in [3.8, 4) is 0 Å². The molecule has 2 aliphatic carbocycles. The molecule has 0 aliphatic heterocycles. The van der Waals surface area contributed by atoms with E-state index in [1.807, 2.05) is 0 Å². The molecule has 2 aliphatic rings. The van der Waals surface area contributed by atoms with Crippen LogP contribution in [-0.4, -0.2) is 36.1 Å². The predicted octanol–water partition coefficient (Wildman–Crippen LogP) is 2.06. The number of halogens is 3. The van der Waals surface area contributed by atoms with Crippen LogP contribution in [-0.2, 0) is 4.79 Å². The van der Waals surface area contributed by atoms with Crippen LogP contribution in [0.4, 0.5) is 13.2 Å². The first-order chi connectivity index (χ1) is 8.38. The normalized spacial score (nSPS) is 23.1. The standard InChI is InChI=1S/C12H19F3N2O/c13-12(14,15)8-17(9-3-4-9)10(18)11(7-16)5-1-2-6-11/h9H,1-8,16H2. The highest BCUT2D eigenvalue weighted by Crippen LogP contribution is 2.42. The second-order valence-corrected chi connectivity index (χ2v) is 5.47. The molecule has 1 amide bonds. The molecule has 0 aromatic carbocycles. The van der Waals surface area contributed by atoms with Crippen molar-refractivity contribution in [2.75, 3.05) is 13.1 Å². The molecule has 2 rings (SSSR count). The summed E-state index contributed by atoms with van der Waals surface area (Å²) in [6.45, 7) is -0.967. The SMILES string of the molecule is NCC1(C(=O)N(CC(F)(F)F)C2CC2)CCCC1. The first-order valence-electron chi connectivity index (χ1n) is 6.46. The van der Waals surface area contributed by atoms with E-state index < -0.39 is 18.1 Å². The lowest BCUT2D eigenvalue weighted by Crippen LogP contribution is -2.50. The van der Waals surface area contributed by atoms with Crippen LogP contribution < -0.4 is 5.73 Å². The summed E-state index contributed by atoms with van der Waals surface area (Å²) >= 11 is 0. The molecular weight excluding hydrogens is 245 g/mol. The molecule has 0 bridgehead atoms. The van der Waals surface area contributed by atoms with Gasteiger partial charge in [0.15, 0.2) is 0 Å². The molecule has 18 heavy (non-hydrogen) atoms. The third-order valence-corrected chi connectivity index (χ3v) is 4.00. The van der Waals surface area contributed by atoms with Crippen molar-refractivity contribution in [2.45, 2.75) is 50.7 Å². The Morgan fingerprint density at radius 1 is 1.28 bits per heavy atom. The second kappa shape index (κ2) is 4.72. The zero-order valence-corrected chi connectivity index (χ0v) is 10.3. The van der Waals surface area contributed by atoms with Gasteiger partial charge in [-0.05, 0) is 25.7 Å². The van der Waals surface area contributed by atoms with Crippen molar-refractivity contribution in [1.82, 2.24) is 4.90 Å². The molecule has 2 saturated carbocycles. The molecule has 0 heterocycles. The zero-order valence-electron chi connectivity index (χ0n) is 10.3. The molecule has 3 nitrogen and oxygen atoms in total. The van der Waals surface area contributed by atoms with Gasteiger partial charge in [-0.15, -0.1) is 0 Å². The zero-order chi connectivity index (χ0) is 13.4. The molecular formula is C12H19F3N2O. The number of nitrogens with two attached hydrogens (primary N) is 1. The fraction of sp³-hybridized carbons (Fsp3) is 0.917. The van der Waals surface area contributed by atoms with Gasteiger partial charge in [0.05, 0.1) is 5.41 Å². The largest absolute Gasteiger partial charge is 0.406 e.